The average Bonchev–Trinajstić information content (AvgIpc) is 3.10. The van der Waals surface area contributed by atoms with Crippen molar-refractivity contribution in [3.05, 3.63) is 12.2 Å². The van der Waals surface area contributed by atoms with Gasteiger partial charge in [0.2, 0.25) is 5.91 Å². The standard InChI is InChI=1S/C20H35N3O3S/c1-13(2)8-11-26-20(4,5)9-10-21-18(24)14(3)6-7-16-17-15(12-27-16)22-19(25)23-17/h13,15-17H,3,6-12H2,1-2,4-5H3,(H,21,24)(H2,22,23,25). The molecular formula is C20H35N3O3S. The maximum absolute atomic E-state index is 12.3. The Bertz CT molecular complexity index is 551. The highest BCUT2D eigenvalue weighted by Crippen LogP contribution is 2.33. The highest BCUT2D eigenvalue weighted by Gasteiger charge is 2.42. The maximum atomic E-state index is 12.3. The molecule has 0 saturated carbocycles. The third kappa shape index (κ3) is 7.03. The van der Waals surface area contributed by atoms with E-state index in [4.69, 9.17) is 4.74 Å². The van der Waals surface area contributed by atoms with Crippen LogP contribution in [0.4, 0.5) is 4.79 Å². The lowest BCUT2D eigenvalue weighted by Gasteiger charge is -2.26. The molecule has 2 rings (SSSR count). The second-order valence-corrected chi connectivity index (χ2v) is 9.83. The fraction of sp³-hybridized carbons (Fsp3) is 0.800. The first kappa shape index (κ1) is 22.1. The van der Waals surface area contributed by atoms with Crippen LogP contribution in [0.3, 0.4) is 0 Å². The number of hydrogen-bond acceptors (Lipinski definition) is 4. The molecule has 2 fully saturated rings. The van der Waals surface area contributed by atoms with Gasteiger partial charge in [-0.25, -0.2) is 4.79 Å². The SMILES string of the molecule is C=C(CCC1SCC2NC(=O)NC21)C(=O)NCCC(C)(C)OCCC(C)C. The van der Waals surface area contributed by atoms with Crippen LogP contribution < -0.4 is 16.0 Å². The number of rotatable bonds is 11. The Hall–Kier alpha value is -1.21. The van der Waals surface area contributed by atoms with Crippen molar-refractivity contribution in [1.29, 1.82) is 0 Å². The first-order valence-corrected chi connectivity index (χ1v) is 11.0. The molecule has 0 aliphatic carbocycles. The van der Waals surface area contributed by atoms with Gasteiger partial charge in [-0.3, -0.25) is 4.79 Å². The Labute approximate surface area is 167 Å². The molecule has 2 aliphatic rings. The van der Waals surface area contributed by atoms with Crippen LogP contribution in [0.2, 0.25) is 0 Å². The van der Waals surface area contributed by atoms with E-state index in [1.54, 1.807) is 0 Å². The van der Waals surface area contributed by atoms with Crippen LogP contribution in [0, 0.1) is 5.92 Å². The number of carbonyl (C=O) groups is 2. The van der Waals surface area contributed by atoms with Crippen molar-refractivity contribution in [3.63, 3.8) is 0 Å². The van der Waals surface area contributed by atoms with Crippen LogP contribution in [-0.4, -0.2) is 53.8 Å². The molecule has 0 aromatic rings. The Balaban J connectivity index is 1.63. The summed E-state index contributed by atoms with van der Waals surface area (Å²) >= 11 is 1.85. The molecule has 3 amide bonds. The first-order valence-electron chi connectivity index (χ1n) is 9.96. The van der Waals surface area contributed by atoms with E-state index >= 15 is 0 Å². The molecule has 0 aromatic carbocycles. The zero-order valence-corrected chi connectivity index (χ0v) is 17.9. The molecule has 6 nitrogen and oxygen atoms in total. The van der Waals surface area contributed by atoms with Gasteiger partial charge >= 0.3 is 6.03 Å². The average molecular weight is 398 g/mol. The Morgan fingerprint density at radius 3 is 2.85 bits per heavy atom. The van der Waals surface area contributed by atoms with Crippen LogP contribution in [0.25, 0.3) is 0 Å². The number of nitrogens with one attached hydrogen (secondary N) is 3. The van der Waals surface area contributed by atoms with Crippen molar-refractivity contribution in [3.8, 4) is 0 Å². The summed E-state index contributed by atoms with van der Waals surface area (Å²) in [6, 6.07) is 0.305. The molecule has 2 heterocycles. The monoisotopic (exact) mass is 397 g/mol. The molecule has 7 heteroatoms. The second kappa shape index (κ2) is 9.82. The Morgan fingerprint density at radius 2 is 2.15 bits per heavy atom. The fourth-order valence-electron chi connectivity index (χ4n) is 3.32. The number of ether oxygens (including phenoxy) is 1. The van der Waals surface area contributed by atoms with E-state index in [-0.39, 0.29) is 29.6 Å². The lowest BCUT2D eigenvalue weighted by molar-refractivity contribution is -0.117. The summed E-state index contributed by atoms with van der Waals surface area (Å²) in [5.74, 6) is 1.48. The number of urea groups is 1. The van der Waals surface area contributed by atoms with Crippen molar-refractivity contribution >= 4 is 23.7 Å². The van der Waals surface area contributed by atoms with E-state index < -0.39 is 0 Å². The van der Waals surface area contributed by atoms with Gasteiger partial charge in [0.1, 0.15) is 0 Å². The van der Waals surface area contributed by atoms with Gasteiger partial charge in [0.05, 0.1) is 17.7 Å². The molecule has 2 saturated heterocycles. The molecule has 0 aromatic heterocycles. The third-order valence-corrected chi connectivity index (χ3v) is 6.70. The summed E-state index contributed by atoms with van der Waals surface area (Å²) in [7, 11) is 0. The molecule has 2 aliphatic heterocycles. The van der Waals surface area contributed by atoms with Crippen LogP contribution in [0.15, 0.2) is 12.2 Å². The summed E-state index contributed by atoms with van der Waals surface area (Å²) < 4.78 is 5.93. The van der Waals surface area contributed by atoms with Gasteiger partial charge in [0.25, 0.3) is 0 Å². The molecule has 0 bridgehead atoms. The Morgan fingerprint density at radius 1 is 1.41 bits per heavy atom. The van der Waals surface area contributed by atoms with Crippen molar-refractivity contribution in [1.82, 2.24) is 16.0 Å². The minimum absolute atomic E-state index is 0.0786. The van der Waals surface area contributed by atoms with Crippen LogP contribution in [-0.2, 0) is 9.53 Å². The van der Waals surface area contributed by atoms with Crippen molar-refractivity contribution < 1.29 is 14.3 Å². The van der Waals surface area contributed by atoms with Gasteiger partial charge < -0.3 is 20.7 Å². The van der Waals surface area contributed by atoms with Crippen molar-refractivity contribution in [2.24, 2.45) is 5.92 Å². The van der Waals surface area contributed by atoms with Crippen LogP contribution in [0.5, 0.6) is 0 Å². The fourth-order valence-corrected chi connectivity index (χ4v) is 4.81. The summed E-state index contributed by atoms with van der Waals surface area (Å²) in [6.07, 6.45) is 3.31. The van der Waals surface area contributed by atoms with Crippen molar-refractivity contribution in [2.75, 3.05) is 18.9 Å². The lowest BCUT2D eigenvalue weighted by atomic mass is 10.0. The molecular weight excluding hydrogens is 362 g/mol. The normalized spacial score (nSPS) is 24.5. The van der Waals surface area contributed by atoms with Crippen LogP contribution >= 0.6 is 11.8 Å². The largest absolute Gasteiger partial charge is 0.375 e. The number of fused-ring (bicyclic) bond motifs is 1. The van der Waals surface area contributed by atoms with Crippen molar-refractivity contribution in [2.45, 2.75) is 76.3 Å². The smallest absolute Gasteiger partial charge is 0.315 e. The molecule has 154 valence electrons. The first-order chi connectivity index (χ1) is 12.7. The Kier molecular flexibility index (Phi) is 8.04. The number of hydrogen-bond donors (Lipinski definition) is 3. The maximum Gasteiger partial charge on any atom is 0.315 e. The zero-order chi connectivity index (χ0) is 20.0. The highest BCUT2D eigenvalue weighted by molar-refractivity contribution is 8.00. The van der Waals surface area contributed by atoms with Gasteiger partial charge in [-0.1, -0.05) is 20.4 Å². The molecule has 3 N–H and O–H groups in total. The summed E-state index contributed by atoms with van der Waals surface area (Å²) in [5, 5.41) is 9.21. The minimum Gasteiger partial charge on any atom is -0.375 e. The minimum atomic E-state index is -0.243. The van der Waals surface area contributed by atoms with Gasteiger partial charge in [-0.05, 0) is 45.4 Å². The predicted molar refractivity (Wildman–Crippen MR) is 111 cm³/mol. The predicted octanol–water partition coefficient (Wildman–Crippen LogP) is 2.84. The summed E-state index contributed by atoms with van der Waals surface area (Å²) in [4.78, 5) is 23.7. The number of carbonyl (C=O) groups excluding carboxylic acids is 2. The number of amides is 3. The molecule has 0 radical (unpaired) electrons. The third-order valence-electron chi connectivity index (χ3n) is 5.19. The molecule has 3 atom stereocenters. The lowest BCUT2D eigenvalue weighted by Crippen LogP contribution is -2.37. The summed E-state index contributed by atoms with van der Waals surface area (Å²) in [6.45, 7) is 13.8. The van der Waals surface area contributed by atoms with E-state index in [1.807, 2.05) is 11.8 Å². The van der Waals surface area contributed by atoms with Gasteiger partial charge in [0, 0.05) is 29.7 Å². The molecule has 0 spiro atoms. The van der Waals surface area contributed by atoms with Gasteiger partial charge in [-0.15, -0.1) is 0 Å². The van der Waals surface area contributed by atoms with E-state index in [0.717, 1.165) is 31.6 Å². The van der Waals surface area contributed by atoms with E-state index in [0.29, 0.717) is 29.7 Å². The van der Waals surface area contributed by atoms with Crippen LogP contribution in [0.1, 0.15) is 53.4 Å². The topological polar surface area (TPSA) is 79.5 Å². The van der Waals surface area contributed by atoms with Gasteiger partial charge in [-0.2, -0.15) is 11.8 Å². The van der Waals surface area contributed by atoms with E-state index in [2.05, 4.69) is 50.2 Å². The molecule has 27 heavy (non-hydrogen) atoms. The van der Waals surface area contributed by atoms with E-state index in [1.165, 1.54) is 0 Å². The second-order valence-electron chi connectivity index (χ2n) is 8.56. The molecule has 3 unspecified atom stereocenters. The highest BCUT2D eigenvalue weighted by atomic mass is 32.2. The van der Waals surface area contributed by atoms with E-state index in [9.17, 15) is 9.59 Å². The zero-order valence-electron chi connectivity index (χ0n) is 17.1. The number of thioether (sulfide) groups is 1. The quantitative estimate of drug-likeness (QED) is 0.370. The van der Waals surface area contributed by atoms with Gasteiger partial charge in [0.15, 0.2) is 0 Å². The summed E-state index contributed by atoms with van der Waals surface area (Å²) in [5.41, 5.74) is 0.363.